The molecule has 0 aliphatic carbocycles. The number of benzene rings is 1. The summed E-state index contributed by atoms with van der Waals surface area (Å²) < 4.78 is 29.0. The van der Waals surface area contributed by atoms with Crippen LogP contribution in [0.4, 0.5) is 5.69 Å². The number of aromatic nitrogens is 2. The van der Waals surface area contributed by atoms with Crippen molar-refractivity contribution in [1.29, 1.82) is 0 Å². The number of sulfonamides is 1. The second-order valence-electron chi connectivity index (χ2n) is 4.75. The van der Waals surface area contributed by atoms with Crippen molar-refractivity contribution in [3.8, 4) is 0 Å². The highest BCUT2D eigenvalue weighted by Gasteiger charge is 2.20. The number of nitrogen functional groups attached to an aromatic ring is 1. The highest BCUT2D eigenvalue weighted by Crippen LogP contribution is 2.23. The molecule has 0 amide bonds. The Bertz CT molecular complexity index is 712. The van der Waals surface area contributed by atoms with Crippen LogP contribution in [0.2, 0.25) is 0 Å². The molecule has 2 aromatic rings. The summed E-state index contributed by atoms with van der Waals surface area (Å²) in [7, 11) is -1.81. The van der Waals surface area contributed by atoms with E-state index in [0.717, 1.165) is 5.69 Å². The molecule has 20 heavy (non-hydrogen) atoms. The van der Waals surface area contributed by atoms with Crippen LogP contribution in [-0.2, 0) is 23.6 Å². The third-order valence-corrected chi connectivity index (χ3v) is 4.82. The normalized spacial score (nSPS) is 11.8. The lowest BCUT2D eigenvalue weighted by molar-refractivity contribution is 0.576. The van der Waals surface area contributed by atoms with Crippen LogP contribution in [-0.4, -0.2) is 18.2 Å². The summed E-state index contributed by atoms with van der Waals surface area (Å²) in [5.74, 6) is 0. The van der Waals surface area contributed by atoms with Crippen LogP contribution in [0.25, 0.3) is 0 Å². The molecule has 0 fully saturated rings. The molecule has 7 heteroatoms. The number of nitrogens with one attached hydrogen (secondary N) is 1. The van der Waals surface area contributed by atoms with E-state index < -0.39 is 10.0 Å². The number of hydrogen-bond donors (Lipinski definition) is 2. The molecular formula is C13H18N4O2S. The van der Waals surface area contributed by atoms with E-state index in [1.54, 1.807) is 50.0 Å². The molecule has 0 aliphatic rings. The zero-order chi connectivity index (χ0) is 14.9. The lowest BCUT2D eigenvalue weighted by Gasteiger charge is -2.13. The molecule has 1 aromatic carbocycles. The molecule has 0 saturated carbocycles. The monoisotopic (exact) mass is 294 g/mol. The number of nitrogens with two attached hydrogens (primary N) is 1. The predicted molar refractivity (Wildman–Crippen MR) is 77.6 cm³/mol. The molecule has 0 atom stereocenters. The Morgan fingerprint density at radius 2 is 1.90 bits per heavy atom. The van der Waals surface area contributed by atoms with Gasteiger partial charge in [0.15, 0.2) is 0 Å². The van der Waals surface area contributed by atoms with Gasteiger partial charge in [-0.3, -0.25) is 4.68 Å². The summed E-state index contributed by atoms with van der Waals surface area (Å²) >= 11 is 0. The minimum atomic E-state index is -3.58. The largest absolute Gasteiger partial charge is 0.399 e. The Balaban J connectivity index is 2.30. The molecule has 1 heterocycles. The number of hydrogen-bond acceptors (Lipinski definition) is 4. The molecule has 0 unspecified atom stereocenters. The molecule has 6 nitrogen and oxygen atoms in total. The van der Waals surface area contributed by atoms with E-state index in [0.29, 0.717) is 16.8 Å². The van der Waals surface area contributed by atoms with Crippen LogP contribution in [0.1, 0.15) is 16.8 Å². The zero-order valence-corrected chi connectivity index (χ0v) is 12.5. The van der Waals surface area contributed by atoms with Crippen LogP contribution in [0.3, 0.4) is 0 Å². The van der Waals surface area contributed by atoms with Gasteiger partial charge in [0.05, 0.1) is 17.1 Å². The van der Waals surface area contributed by atoms with Crippen molar-refractivity contribution in [3.05, 3.63) is 41.2 Å². The van der Waals surface area contributed by atoms with Gasteiger partial charge < -0.3 is 5.73 Å². The second kappa shape index (κ2) is 5.26. The molecular weight excluding hydrogens is 276 g/mol. The van der Waals surface area contributed by atoms with E-state index >= 15 is 0 Å². The smallest absolute Gasteiger partial charge is 0.241 e. The van der Waals surface area contributed by atoms with Crippen molar-refractivity contribution in [2.45, 2.75) is 25.3 Å². The predicted octanol–water partition coefficient (Wildman–Crippen LogP) is 1.10. The van der Waals surface area contributed by atoms with Crippen molar-refractivity contribution in [1.82, 2.24) is 14.5 Å². The van der Waals surface area contributed by atoms with Gasteiger partial charge in [-0.1, -0.05) is 0 Å². The maximum absolute atomic E-state index is 12.4. The maximum atomic E-state index is 12.4. The Hall–Kier alpha value is -1.86. The topological polar surface area (TPSA) is 90.0 Å². The summed E-state index contributed by atoms with van der Waals surface area (Å²) in [6.45, 7) is 3.67. The molecule has 0 radical (unpaired) electrons. The number of nitrogens with zero attached hydrogens (tertiary/aromatic N) is 2. The fraction of sp³-hybridized carbons (Fsp3) is 0.308. The maximum Gasteiger partial charge on any atom is 0.241 e. The van der Waals surface area contributed by atoms with Gasteiger partial charge >= 0.3 is 0 Å². The van der Waals surface area contributed by atoms with E-state index in [1.165, 1.54) is 0 Å². The molecule has 1 aromatic heterocycles. The van der Waals surface area contributed by atoms with Gasteiger partial charge in [0.1, 0.15) is 0 Å². The van der Waals surface area contributed by atoms with Crippen molar-refractivity contribution < 1.29 is 8.42 Å². The highest BCUT2D eigenvalue weighted by atomic mass is 32.2. The molecule has 0 aliphatic heterocycles. The Morgan fingerprint density at radius 3 is 2.40 bits per heavy atom. The summed E-state index contributed by atoms with van der Waals surface area (Å²) in [5.41, 5.74) is 8.35. The third-order valence-electron chi connectivity index (χ3n) is 3.12. The molecule has 108 valence electrons. The van der Waals surface area contributed by atoms with Gasteiger partial charge in [-0.05, 0) is 43.2 Å². The average Bonchev–Trinajstić information content (AvgIpc) is 2.70. The quantitative estimate of drug-likeness (QED) is 0.826. The SMILES string of the molecule is Cc1cc(N)cc(C)c1S(=O)(=O)NCc1ccnn1C. The van der Waals surface area contributed by atoms with Gasteiger partial charge in [-0.25, -0.2) is 13.1 Å². The van der Waals surface area contributed by atoms with E-state index in [4.69, 9.17) is 5.73 Å². The van der Waals surface area contributed by atoms with E-state index in [2.05, 4.69) is 9.82 Å². The summed E-state index contributed by atoms with van der Waals surface area (Å²) in [6.07, 6.45) is 1.63. The lowest BCUT2D eigenvalue weighted by Crippen LogP contribution is -2.26. The molecule has 0 bridgehead atoms. The van der Waals surface area contributed by atoms with Gasteiger partial charge in [0.2, 0.25) is 10.0 Å². The number of anilines is 1. The first-order chi connectivity index (χ1) is 9.31. The number of rotatable bonds is 4. The summed E-state index contributed by atoms with van der Waals surface area (Å²) in [4.78, 5) is 0.286. The first-order valence-corrected chi connectivity index (χ1v) is 7.63. The molecule has 0 saturated heterocycles. The van der Waals surface area contributed by atoms with Gasteiger partial charge in [-0.15, -0.1) is 0 Å². The van der Waals surface area contributed by atoms with Crippen LogP contribution in [0.15, 0.2) is 29.3 Å². The third kappa shape index (κ3) is 2.83. The van der Waals surface area contributed by atoms with Crippen LogP contribution >= 0.6 is 0 Å². The summed E-state index contributed by atoms with van der Waals surface area (Å²) in [5, 5.41) is 4.00. The molecule has 3 N–H and O–H groups in total. The second-order valence-corrected chi connectivity index (χ2v) is 6.46. The Kier molecular flexibility index (Phi) is 3.82. The van der Waals surface area contributed by atoms with Gasteiger partial charge in [0, 0.05) is 18.9 Å². The van der Waals surface area contributed by atoms with Crippen LogP contribution in [0.5, 0.6) is 0 Å². The van der Waals surface area contributed by atoms with Gasteiger partial charge in [0.25, 0.3) is 0 Å². The Morgan fingerprint density at radius 1 is 1.30 bits per heavy atom. The van der Waals surface area contributed by atoms with Gasteiger partial charge in [-0.2, -0.15) is 5.10 Å². The van der Waals surface area contributed by atoms with E-state index in [1.807, 2.05) is 0 Å². The fourth-order valence-corrected chi connectivity index (χ4v) is 3.67. The molecule has 0 spiro atoms. The summed E-state index contributed by atoms with van der Waals surface area (Å²) in [6, 6.07) is 5.09. The first kappa shape index (κ1) is 14.5. The fourth-order valence-electron chi connectivity index (χ4n) is 2.22. The minimum Gasteiger partial charge on any atom is -0.399 e. The van der Waals surface area contributed by atoms with Crippen molar-refractivity contribution in [3.63, 3.8) is 0 Å². The van der Waals surface area contributed by atoms with E-state index in [-0.39, 0.29) is 11.4 Å². The molecule has 2 rings (SSSR count). The zero-order valence-electron chi connectivity index (χ0n) is 11.7. The average molecular weight is 294 g/mol. The van der Waals surface area contributed by atoms with E-state index in [9.17, 15) is 8.42 Å². The Labute approximate surface area is 118 Å². The lowest BCUT2D eigenvalue weighted by atomic mass is 10.1. The van der Waals surface area contributed by atoms with Crippen molar-refractivity contribution >= 4 is 15.7 Å². The minimum absolute atomic E-state index is 0.197. The standard InChI is InChI=1S/C13H18N4O2S/c1-9-6-11(14)7-10(2)13(9)20(18,19)16-8-12-4-5-15-17(12)3/h4-7,16H,8,14H2,1-3H3. The number of aryl methyl sites for hydroxylation is 3. The first-order valence-electron chi connectivity index (χ1n) is 6.14. The highest BCUT2D eigenvalue weighted by molar-refractivity contribution is 7.89. The van der Waals surface area contributed by atoms with Crippen LogP contribution < -0.4 is 10.5 Å². The van der Waals surface area contributed by atoms with Crippen molar-refractivity contribution in [2.75, 3.05) is 5.73 Å². The van der Waals surface area contributed by atoms with Crippen LogP contribution in [0, 0.1) is 13.8 Å². The van der Waals surface area contributed by atoms with Crippen molar-refractivity contribution in [2.24, 2.45) is 7.05 Å².